The molecule has 1 fully saturated rings. The first-order valence-electron chi connectivity index (χ1n) is 13.8. The van der Waals surface area contributed by atoms with Crippen molar-refractivity contribution in [3.05, 3.63) is 24.0 Å². The minimum atomic E-state index is -1.19. The molecule has 0 atom stereocenters. The Labute approximate surface area is 230 Å². The van der Waals surface area contributed by atoms with Crippen LogP contribution in [0.15, 0.2) is 18.3 Å². The quantitative estimate of drug-likeness (QED) is 0.131. The van der Waals surface area contributed by atoms with Crippen LogP contribution in [0, 0.1) is 0 Å². The summed E-state index contributed by atoms with van der Waals surface area (Å²) in [5, 5.41) is 4.57. The lowest BCUT2D eigenvalue weighted by Gasteiger charge is -2.36. The fourth-order valence-corrected chi connectivity index (χ4v) is 6.20. The van der Waals surface area contributed by atoms with Gasteiger partial charge in [-0.1, -0.05) is 39.3 Å². The molecule has 38 heavy (non-hydrogen) atoms. The molecule has 214 valence electrons. The third-order valence-electron chi connectivity index (χ3n) is 7.33. The lowest BCUT2D eigenvalue weighted by Crippen LogP contribution is -2.44. The summed E-state index contributed by atoms with van der Waals surface area (Å²) in [6.45, 7) is 16.5. The van der Waals surface area contributed by atoms with Crippen molar-refractivity contribution >= 4 is 33.6 Å². The number of hydrogen-bond acceptors (Lipinski definition) is 8. The zero-order valence-electron chi connectivity index (χ0n) is 24.7. The summed E-state index contributed by atoms with van der Waals surface area (Å²) in [6, 6.07) is 6.27. The van der Waals surface area contributed by atoms with E-state index in [0.717, 1.165) is 55.3 Å². The molecule has 0 aromatic carbocycles. The molecule has 2 aromatic heterocycles. The van der Waals surface area contributed by atoms with Crippen LogP contribution in [0.3, 0.4) is 0 Å². The van der Waals surface area contributed by atoms with E-state index in [4.69, 9.17) is 23.9 Å². The second-order valence-corrected chi connectivity index (χ2v) is 24.1. The Kier molecular flexibility index (Phi) is 10.5. The van der Waals surface area contributed by atoms with E-state index in [0.29, 0.717) is 26.3 Å². The van der Waals surface area contributed by atoms with Gasteiger partial charge in [0.1, 0.15) is 19.3 Å². The average molecular weight is 565 g/mol. The van der Waals surface area contributed by atoms with E-state index in [9.17, 15) is 4.79 Å². The van der Waals surface area contributed by atoms with Crippen molar-refractivity contribution in [2.45, 2.75) is 88.6 Å². The third-order valence-corrected chi connectivity index (χ3v) is 10.7. The maximum absolute atomic E-state index is 12.4. The van der Waals surface area contributed by atoms with Gasteiger partial charge in [0.2, 0.25) is 0 Å². The molecule has 9 nitrogen and oxygen atoms in total. The number of carbonyl (C=O) groups is 1. The van der Waals surface area contributed by atoms with Crippen molar-refractivity contribution < 1.29 is 23.7 Å². The van der Waals surface area contributed by atoms with Gasteiger partial charge in [0.15, 0.2) is 11.2 Å². The van der Waals surface area contributed by atoms with Gasteiger partial charge in [-0.2, -0.15) is 9.61 Å². The van der Waals surface area contributed by atoms with E-state index in [2.05, 4.69) is 55.3 Å². The molecule has 11 heteroatoms. The predicted octanol–water partition coefficient (Wildman–Crippen LogP) is 5.38. The van der Waals surface area contributed by atoms with Gasteiger partial charge in [-0.05, 0) is 37.8 Å². The molecule has 1 aliphatic carbocycles. The second-order valence-electron chi connectivity index (χ2n) is 12.8. The molecule has 0 bridgehead atoms. The van der Waals surface area contributed by atoms with E-state index in [1.54, 1.807) is 13.3 Å². The molecule has 2 aromatic rings. The van der Waals surface area contributed by atoms with Crippen LogP contribution in [0.4, 0.5) is 5.82 Å². The van der Waals surface area contributed by atoms with Gasteiger partial charge in [0.25, 0.3) is 0 Å². The van der Waals surface area contributed by atoms with Crippen molar-refractivity contribution in [2.24, 2.45) is 0 Å². The van der Waals surface area contributed by atoms with Crippen LogP contribution in [0.2, 0.25) is 51.4 Å². The van der Waals surface area contributed by atoms with Crippen molar-refractivity contribution in [1.29, 1.82) is 0 Å². The Balaban J connectivity index is 1.82. The van der Waals surface area contributed by atoms with Gasteiger partial charge in [-0.3, -0.25) is 0 Å². The molecule has 0 N–H and O–H groups in total. The molecule has 0 aliphatic heterocycles. The summed E-state index contributed by atoms with van der Waals surface area (Å²) in [4.78, 5) is 19.5. The Bertz CT molecular complexity index is 1020. The predicted molar refractivity (Wildman–Crippen MR) is 156 cm³/mol. The zero-order chi connectivity index (χ0) is 28.0. The zero-order valence-corrected chi connectivity index (χ0v) is 26.7. The van der Waals surface area contributed by atoms with Crippen molar-refractivity contribution in [3.63, 3.8) is 0 Å². The number of fused-ring (bicyclic) bond motifs is 1. The first kappa shape index (κ1) is 30.7. The molecule has 0 saturated heterocycles. The van der Waals surface area contributed by atoms with E-state index >= 15 is 0 Å². The van der Waals surface area contributed by atoms with Gasteiger partial charge in [0.05, 0.1) is 13.3 Å². The number of carbonyl (C=O) groups excluding carboxylic acids is 1. The van der Waals surface area contributed by atoms with Crippen LogP contribution in [0.5, 0.6) is 0 Å². The summed E-state index contributed by atoms with van der Waals surface area (Å²) in [5.74, 6) is 0.826. The summed E-state index contributed by atoms with van der Waals surface area (Å²) < 4.78 is 24.9. The monoisotopic (exact) mass is 564 g/mol. The highest BCUT2D eigenvalue weighted by molar-refractivity contribution is 6.76. The molecule has 1 aliphatic rings. The van der Waals surface area contributed by atoms with Crippen LogP contribution in [0.1, 0.15) is 37.3 Å². The van der Waals surface area contributed by atoms with Crippen molar-refractivity contribution in [1.82, 2.24) is 14.6 Å². The molecule has 2 heterocycles. The normalized spacial score (nSPS) is 20.6. The Morgan fingerprint density at radius 1 is 1.03 bits per heavy atom. The highest BCUT2D eigenvalue weighted by Crippen LogP contribution is 2.40. The maximum atomic E-state index is 12.4. The van der Waals surface area contributed by atoms with Crippen LogP contribution in [-0.4, -0.2) is 83.2 Å². The van der Waals surface area contributed by atoms with Gasteiger partial charge >= 0.3 is 5.97 Å². The lowest BCUT2D eigenvalue weighted by molar-refractivity contribution is -0.170. The second kappa shape index (κ2) is 13.0. The molecule has 1 saturated carbocycles. The molecule has 0 unspecified atom stereocenters. The van der Waals surface area contributed by atoms with E-state index in [1.807, 2.05) is 10.6 Å². The van der Waals surface area contributed by atoms with Gasteiger partial charge < -0.3 is 23.8 Å². The molecular formula is C27H48N4O5Si2. The maximum Gasteiger partial charge on any atom is 0.338 e. The van der Waals surface area contributed by atoms with Crippen molar-refractivity contribution in [3.8, 4) is 0 Å². The minimum absolute atomic E-state index is 0.212. The van der Waals surface area contributed by atoms with E-state index in [1.165, 1.54) is 7.11 Å². The number of methoxy groups -OCH3 is 2. The number of anilines is 1. The first-order valence-corrected chi connectivity index (χ1v) is 21.2. The first-order chi connectivity index (χ1) is 17.9. The highest BCUT2D eigenvalue weighted by Gasteiger charge is 2.43. The van der Waals surface area contributed by atoms with E-state index < -0.39 is 21.7 Å². The summed E-state index contributed by atoms with van der Waals surface area (Å²) in [5.41, 5.74) is 0.926. The summed E-state index contributed by atoms with van der Waals surface area (Å²) in [6.07, 6.45) is 4.56. The Morgan fingerprint density at radius 2 is 1.61 bits per heavy atom. The fourth-order valence-electron chi connectivity index (χ4n) is 4.68. The Morgan fingerprint density at radius 3 is 2.11 bits per heavy atom. The molecule has 0 spiro atoms. The van der Waals surface area contributed by atoms with Crippen LogP contribution in [-0.2, 0) is 23.7 Å². The average Bonchev–Trinajstić information content (AvgIpc) is 3.34. The van der Waals surface area contributed by atoms with Crippen LogP contribution < -0.4 is 4.90 Å². The lowest BCUT2D eigenvalue weighted by atomic mass is 9.77. The van der Waals surface area contributed by atoms with Crippen LogP contribution >= 0.6 is 0 Å². The number of hydrogen-bond donors (Lipinski definition) is 0. The standard InChI is InChI=1S/C27H48N4O5Si2/c1-33-26(32)27(34-2)12-9-22(10-13-27)23-19-25(31-24(29-23)11-14-28-31)30(20-35-15-17-37(3,4)5)21-36-16-18-38(6,7)8/h11,14,19,22H,9-10,12-13,15-18,20-21H2,1-8H3. The molecule has 0 amide bonds. The van der Waals surface area contributed by atoms with E-state index in [-0.39, 0.29) is 11.9 Å². The van der Waals surface area contributed by atoms with Gasteiger partial charge in [0, 0.05) is 60.2 Å². The summed E-state index contributed by atoms with van der Waals surface area (Å²) >= 11 is 0. The number of esters is 1. The highest BCUT2D eigenvalue weighted by atomic mass is 28.3. The van der Waals surface area contributed by atoms with Crippen molar-refractivity contribution in [2.75, 3.05) is 45.8 Å². The number of aromatic nitrogens is 3. The van der Waals surface area contributed by atoms with Gasteiger partial charge in [-0.25, -0.2) is 9.78 Å². The molecule has 3 rings (SSSR count). The SMILES string of the molecule is COC(=O)C1(OC)CCC(c2cc(N(COCC[Si](C)(C)C)COCC[Si](C)(C)C)n3nccc3n2)CC1. The molecule has 0 radical (unpaired) electrons. The van der Waals surface area contributed by atoms with Gasteiger partial charge in [-0.15, -0.1) is 0 Å². The molecular weight excluding hydrogens is 516 g/mol. The smallest absolute Gasteiger partial charge is 0.338 e. The topological polar surface area (TPSA) is 87.4 Å². The number of ether oxygens (including phenoxy) is 4. The Hall–Kier alpha value is -1.80. The minimum Gasteiger partial charge on any atom is -0.467 e. The summed E-state index contributed by atoms with van der Waals surface area (Å²) in [7, 11) is 0.627. The third kappa shape index (κ3) is 8.35. The number of nitrogens with zero attached hydrogens (tertiary/aromatic N) is 4. The van der Waals surface area contributed by atoms with Crippen LogP contribution in [0.25, 0.3) is 5.65 Å². The fraction of sp³-hybridized carbons (Fsp3) is 0.741. The largest absolute Gasteiger partial charge is 0.467 e. The number of rotatable bonds is 14.